The summed E-state index contributed by atoms with van der Waals surface area (Å²) in [5, 5.41) is 3.21. The lowest BCUT2D eigenvalue weighted by molar-refractivity contribution is 0.297. The van der Waals surface area contributed by atoms with E-state index in [0.29, 0.717) is 5.96 Å². The maximum Gasteiger partial charge on any atom is 0.188 e. The molecule has 0 amide bonds. The molecule has 1 saturated carbocycles. The van der Waals surface area contributed by atoms with E-state index in [1.807, 2.05) is 0 Å². The second-order valence-electron chi connectivity index (χ2n) is 5.18. The average molecular weight is 382 g/mol. The van der Waals surface area contributed by atoms with Gasteiger partial charge in [0.15, 0.2) is 5.96 Å². The van der Waals surface area contributed by atoms with Crippen molar-refractivity contribution in [2.24, 2.45) is 16.6 Å². The smallest absolute Gasteiger partial charge is 0.188 e. The van der Waals surface area contributed by atoms with Crippen molar-refractivity contribution in [1.29, 1.82) is 0 Å². The van der Waals surface area contributed by atoms with E-state index in [2.05, 4.69) is 29.1 Å². The summed E-state index contributed by atoms with van der Waals surface area (Å²) in [6, 6.07) is 0. The van der Waals surface area contributed by atoms with Gasteiger partial charge in [-0.15, -0.1) is 24.0 Å². The molecule has 1 aliphatic rings. The number of aliphatic imine (C=N–C) groups is 1. The molecule has 0 spiro atoms. The first-order valence-electron chi connectivity index (χ1n) is 7.52. The molecule has 0 aromatic heterocycles. The summed E-state index contributed by atoms with van der Waals surface area (Å²) in [5.41, 5.74) is 5.82. The Morgan fingerprint density at radius 3 is 2.47 bits per heavy atom. The van der Waals surface area contributed by atoms with E-state index < -0.39 is 0 Å². The molecule has 114 valence electrons. The summed E-state index contributed by atoms with van der Waals surface area (Å²) >= 11 is 0. The van der Waals surface area contributed by atoms with E-state index in [0.717, 1.165) is 38.5 Å². The Labute approximate surface area is 135 Å². The fourth-order valence-corrected chi connectivity index (χ4v) is 2.18. The van der Waals surface area contributed by atoms with Crippen LogP contribution in [-0.4, -0.2) is 43.6 Å². The van der Waals surface area contributed by atoms with Gasteiger partial charge in [-0.05, 0) is 51.2 Å². The van der Waals surface area contributed by atoms with Crippen LogP contribution >= 0.6 is 24.0 Å². The Morgan fingerprint density at radius 1 is 1.26 bits per heavy atom. The molecule has 0 saturated heterocycles. The summed E-state index contributed by atoms with van der Waals surface area (Å²) in [4.78, 5) is 6.84. The van der Waals surface area contributed by atoms with Crippen molar-refractivity contribution >= 4 is 29.9 Å². The molecular formula is C14H31IN4. The van der Waals surface area contributed by atoms with Crippen molar-refractivity contribution in [2.45, 2.75) is 46.0 Å². The molecule has 0 bridgehead atoms. The molecule has 19 heavy (non-hydrogen) atoms. The second-order valence-corrected chi connectivity index (χ2v) is 5.18. The minimum absolute atomic E-state index is 0. The molecule has 0 aliphatic heterocycles. The molecule has 1 fully saturated rings. The summed E-state index contributed by atoms with van der Waals surface area (Å²) in [6.45, 7) is 9.77. The number of rotatable bonds is 9. The fourth-order valence-electron chi connectivity index (χ4n) is 2.18. The topological polar surface area (TPSA) is 53.6 Å². The fraction of sp³-hybridized carbons (Fsp3) is 0.929. The molecule has 0 aromatic rings. The molecule has 0 atom stereocenters. The van der Waals surface area contributed by atoms with E-state index in [4.69, 9.17) is 5.73 Å². The molecule has 0 aromatic carbocycles. The Balaban J connectivity index is 0.00000324. The normalized spacial score (nSPS) is 16.1. The lowest BCUT2D eigenvalue weighted by atomic mass is 9.86. The third-order valence-corrected chi connectivity index (χ3v) is 3.85. The average Bonchev–Trinajstić information content (AvgIpc) is 2.32. The predicted molar refractivity (Wildman–Crippen MR) is 94.3 cm³/mol. The highest BCUT2D eigenvalue weighted by molar-refractivity contribution is 14.0. The van der Waals surface area contributed by atoms with Gasteiger partial charge in [0.1, 0.15) is 0 Å². The van der Waals surface area contributed by atoms with Crippen LogP contribution in [0.2, 0.25) is 0 Å². The lowest BCUT2D eigenvalue weighted by Gasteiger charge is -2.23. The molecule has 0 heterocycles. The lowest BCUT2D eigenvalue weighted by Crippen LogP contribution is -2.34. The minimum Gasteiger partial charge on any atom is -0.370 e. The number of hydrogen-bond acceptors (Lipinski definition) is 2. The first-order chi connectivity index (χ1) is 8.76. The van der Waals surface area contributed by atoms with Crippen LogP contribution in [0.5, 0.6) is 0 Å². The van der Waals surface area contributed by atoms with Gasteiger partial charge in [0.25, 0.3) is 0 Å². The Bertz CT molecular complexity index is 238. The van der Waals surface area contributed by atoms with Crippen LogP contribution in [0.15, 0.2) is 4.99 Å². The van der Waals surface area contributed by atoms with Gasteiger partial charge in [-0.25, -0.2) is 0 Å². The Hall–Kier alpha value is -0.0400. The zero-order valence-corrected chi connectivity index (χ0v) is 14.9. The molecule has 0 unspecified atom stereocenters. The van der Waals surface area contributed by atoms with Crippen LogP contribution in [0.1, 0.15) is 46.0 Å². The summed E-state index contributed by atoms with van der Waals surface area (Å²) in [6.07, 6.45) is 6.43. The van der Waals surface area contributed by atoms with Crippen LogP contribution < -0.4 is 11.1 Å². The van der Waals surface area contributed by atoms with Gasteiger partial charge in [-0.3, -0.25) is 4.99 Å². The van der Waals surface area contributed by atoms with Gasteiger partial charge in [0.2, 0.25) is 0 Å². The monoisotopic (exact) mass is 382 g/mol. The van der Waals surface area contributed by atoms with Gasteiger partial charge in [-0.1, -0.05) is 20.3 Å². The van der Waals surface area contributed by atoms with Crippen LogP contribution in [0.4, 0.5) is 0 Å². The van der Waals surface area contributed by atoms with Crippen molar-refractivity contribution in [2.75, 3.05) is 32.7 Å². The van der Waals surface area contributed by atoms with Gasteiger partial charge in [-0.2, -0.15) is 0 Å². The molecule has 1 aliphatic carbocycles. The Kier molecular flexibility index (Phi) is 11.7. The van der Waals surface area contributed by atoms with Crippen molar-refractivity contribution in [1.82, 2.24) is 10.2 Å². The van der Waals surface area contributed by atoms with Crippen molar-refractivity contribution in [3.05, 3.63) is 0 Å². The van der Waals surface area contributed by atoms with E-state index in [9.17, 15) is 0 Å². The number of nitrogens with zero attached hydrogens (tertiary/aromatic N) is 2. The highest BCUT2D eigenvalue weighted by Gasteiger charge is 2.16. The minimum atomic E-state index is 0. The Morgan fingerprint density at radius 2 is 1.95 bits per heavy atom. The quantitative estimate of drug-likeness (QED) is 0.279. The summed E-state index contributed by atoms with van der Waals surface area (Å²) in [5.74, 6) is 1.43. The highest BCUT2D eigenvalue weighted by atomic mass is 127. The number of nitrogens with one attached hydrogen (secondary N) is 1. The molecule has 5 heteroatoms. The van der Waals surface area contributed by atoms with Gasteiger partial charge >= 0.3 is 0 Å². The maximum atomic E-state index is 5.82. The number of guanidine groups is 1. The molecule has 1 rings (SSSR count). The van der Waals surface area contributed by atoms with E-state index >= 15 is 0 Å². The zero-order valence-electron chi connectivity index (χ0n) is 12.5. The zero-order chi connectivity index (χ0) is 13.2. The number of halogens is 1. The molecule has 0 radical (unpaired) electrons. The second kappa shape index (κ2) is 11.8. The highest BCUT2D eigenvalue weighted by Crippen LogP contribution is 2.26. The molecule has 3 N–H and O–H groups in total. The SMILES string of the molecule is CCN(CC)CCCCNC(N)=NCC1CCC1.I. The first-order valence-corrected chi connectivity index (χ1v) is 7.52. The largest absolute Gasteiger partial charge is 0.370 e. The molecular weight excluding hydrogens is 351 g/mol. The summed E-state index contributed by atoms with van der Waals surface area (Å²) in [7, 11) is 0. The van der Waals surface area contributed by atoms with E-state index in [-0.39, 0.29) is 24.0 Å². The summed E-state index contributed by atoms with van der Waals surface area (Å²) < 4.78 is 0. The maximum absolute atomic E-state index is 5.82. The number of hydrogen-bond donors (Lipinski definition) is 2. The first kappa shape index (κ1) is 19.0. The van der Waals surface area contributed by atoms with Crippen LogP contribution in [0.3, 0.4) is 0 Å². The predicted octanol–water partition coefficient (Wildman–Crippen LogP) is 2.43. The number of unbranched alkanes of at least 4 members (excludes halogenated alkanes) is 1. The standard InChI is InChI=1S/C14H30N4.HI/c1-3-18(4-2)11-6-5-10-16-14(15)17-12-13-8-7-9-13;/h13H,3-12H2,1-2H3,(H3,15,16,17);1H. The van der Waals surface area contributed by atoms with Crippen LogP contribution in [0, 0.1) is 5.92 Å². The van der Waals surface area contributed by atoms with Gasteiger partial charge in [0.05, 0.1) is 0 Å². The number of nitrogens with two attached hydrogens (primary N) is 1. The molecule has 4 nitrogen and oxygen atoms in total. The van der Waals surface area contributed by atoms with Crippen molar-refractivity contribution < 1.29 is 0 Å². The third-order valence-electron chi connectivity index (χ3n) is 3.85. The van der Waals surface area contributed by atoms with Crippen molar-refractivity contribution in [3.63, 3.8) is 0 Å². The van der Waals surface area contributed by atoms with Gasteiger partial charge < -0.3 is 16.0 Å². The third kappa shape index (κ3) is 8.68. The van der Waals surface area contributed by atoms with Gasteiger partial charge in [0, 0.05) is 13.1 Å². The van der Waals surface area contributed by atoms with Crippen LogP contribution in [-0.2, 0) is 0 Å². The van der Waals surface area contributed by atoms with Crippen LogP contribution in [0.25, 0.3) is 0 Å². The van der Waals surface area contributed by atoms with E-state index in [1.54, 1.807) is 0 Å². The van der Waals surface area contributed by atoms with Crippen molar-refractivity contribution in [3.8, 4) is 0 Å². The van der Waals surface area contributed by atoms with E-state index in [1.165, 1.54) is 32.2 Å².